The van der Waals surface area contributed by atoms with Gasteiger partial charge < -0.3 is 33.8 Å². The van der Waals surface area contributed by atoms with Gasteiger partial charge in [0.2, 0.25) is 0 Å². The first-order valence-electron chi connectivity index (χ1n) is 37.8. The van der Waals surface area contributed by atoms with Crippen LogP contribution in [0.5, 0.6) is 0 Å². The number of aliphatic hydroxyl groups excluding tert-OH is 1. The van der Waals surface area contributed by atoms with Gasteiger partial charge in [0, 0.05) is 25.7 Å². The number of ether oxygens (including phenoxy) is 4. The maximum Gasteiger partial charge on any atom is 0.472 e. The van der Waals surface area contributed by atoms with Gasteiger partial charge in [0.05, 0.1) is 26.4 Å². The number of hydrogen-bond acceptors (Lipinski definition) is 15. The van der Waals surface area contributed by atoms with Crippen molar-refractivity contribution >= 4 is 39.5 Å². The maximum atomic E-state index is 13.1. The minimum Gasteiger partial charge on any atom is -0.462 e. The van der Waals surface area contributed by atoms with E-state index in [1.54, 1.807) is 0 Å². The third-order valence-electron chi connectivity index (χ3n) is 17.9. The average Bonchev–Trinajstić information content (AvgIpc) is 2.32. The Hall–Kier alpha value is -1.94. The van der Waals surface area contributed by atoms with E-state index in [1.165, 1.54) is 161 Å². The number of aliphatic hydroxyl groups is 1. The molecule has 0 aliphatic carbocycles. The van der Waals surface area contributed by atoms with Gasteiger partial charge in [-0.15, -0.1) is 0 Å². The molecule has 546 valence electrons. The predicted molar refractivity (Wildman–Crippen MR) is 372 cm³/mol. The summed E-state index contributed by atoms with van der Waals surface area (Å²) < 4.78 is 68.4. The van der Waals surface area contributed by atoms with E-state index in [1.807, 2.05) is 0 Å². The van der Waals surface area contributed by atoms with Gasteiger partial charge in [0.15, 0.2) is 12.2 Å². The summed E-state index contributed by atoms with van der Waals surface area (Å²) >= 11 is 0. The van der Waals surface area contributed by atoms with Crippen LogP contribution in [0.25, 0.3) is 0 Å². The molecule has 19 heteroatoms. The molecule has 0 saturated heterocycles. The second-order valence-corrected chi connectivity index (χ2v) is 30.4. The first-order chi connectivity index (χ1) is 44.2. The first-order valence-corrected chi connectivity index (χ1v) is 40.8. The van der Waals surface area contributed by atoms with Gasteiger partial charge >= 0.3 is 39.5 Å². The zero-order valence-electron chi connectivity index (χ0n) is 60.2. The molecule has 0 radical (unpaired) electrons. The van der Waals surface area contributed by atoms with Gasteiger partial charge in [-0.25, -0.2) is 9.13 Å². The van der Waals surface area contributed by atoms with Crippen LogP contribution in [0.4, 0.5) is 0 Å². The topological polar surface area (TPSA) is 237 Å². The van der Waals surface area contributed by atoms with E-state index in [0.29, 0.717) is 25.7 Å². The molecule has 5 unspecified atom stereocenters. The van der Waals surface area contributed by atoms with Gasteiger partial charge in [-0.2, -0.15) is 0 Å². The molecular formula is C73H142O17P2. The summed E-state index contributed by atoms with van der Waals surface area (Å²) in [5.74, 6) is 0.953. The molecule has 0 rings (SSSR count). The predicted octanol–water partition coefficient (Wildman–Crippen LogP) is 20.9. The van der Waals surface area contributed by atoms with Gasteiger partial charge in [0.1, 0.15) is 19.3 Å². The van der Waals surface area contributed by atoms with E-state index >= 15 is 0 Å². The number of rotatable bonds is 70. The van der Waals surface area contributed by atoms with Gasteiger partial charge in [-0.05, 0) is 49.4 Å². The van der Waals surface area contributed by atoms with Crippen molar-refractivity contribution in [3.05, 3.63) is 0 Å². The second kappa shape index (κ2) is 62.6. The molecule has 8 atom stereocenters. The quantitative estimate of drug-likeness (QED) is 0.0222. The molecule has 17 nitrogen and oxygen atoms in total. The largest absolute Gasteiger partial charge is 0.472 e. The zero-order chi connectivity index (χ0) is 68.2. The number of unbranched alkanes of at least 4 members (excludes halogenated alkanes) is 33. The summed E-state index contributed by atoms with van der Waals surface area (Å²) in [6, 6.07) is 0. The van der Waals surface area contributed by atoms with Crippen molar-refractivity contribution in [2.45, 2.75) is 382 Å². The number of carbonyl (C=O) groups excluding carboxylic acids is 4. The molecule has 0 aliphatic rings. The van der Waals surface area contributed by atoms with Crippen LogP contribution < -0.4 is 0 Å². The fourth-order valence-electron chi connectivity index (χ4n) is 10.9. The molecule has 0 aromatic carbocycles. The van der Waals surface area contributed by atoms with Crippen molar-refractivity contribution in [2.24, 2.45) is 23.7 Å². The van der Waals surface area contributed by atoms with E-state index in [2.05, 4.69) is 55.4 Å². The molecule has 0 saturated carbocycles. The Bertz CT molecular complexity index is 1820. The lowest BCUT2D eigenvalue weighted by Gasteiger charge is -2.21. The monoisotopic (exact) mass is 1350 g/mol. The maximum absolute atomic E-state index is 13.1. The van der Waals surface area contributed by atoms with Crippen LogP contribution in [0, 0.1) is 23.7 Å². The van der Waals surface area contributed by atoms with Crippen LogP contribution in [0.3, 0.4) is 0 Å². The van der Waals surface area contributed by atoms with E-state index in [0.717, 1.165) is 120 Å². The van der Waals surface area contributed by atoms with Crippen LogP contribution in [0.1, 0.15) is 364 Å². The van der Waals surface area contributed by atoms with E-state index in [-0.39, 0.29) is 25.7 Å². The standard InChI is InChI=1S/C73H142O17P2/c1-9-64(6)50-42-34-26-21-23-28-37-45-53-70(75)83-59-68(89-72(77)55-47-39-29-20-18-16-14-12-13-15-17-19-25-33-41-49-63(4)5)61-87-91(79,80)85-57-67(74)58-86-92(81,82)88-62-69(60-84-71(76)54-46-38-32-31-36-44-52-66(8)11-3)90-73(78)56-48-40-30-24-22-27-35-43-51-65(7)10-2/h63-69,74H,9-62H2,1-8H3,(H,79,80)(H,81,82)/t64?,65?,66?,67-,68-,69-/m1/s1. The van der Waals surface area contributed by atoms with Crippen LogP contribution in [-0.4, -0.2) is 96.7 Å². The van der Waals surface area contributed by atoms with Crippen molar-refractivity contribution in [1.82, 2.24) is 0 Å². The molecule has 0 amide bonds. The van der Waals surface area contributed by atoms with Crippen LogP contribution in [0.15, 0.2) is 0 Å². The van der Waals surface area contributed by atoms with Gasteiger partial charge in [-0.3, -0.25) is 37.3 Å². The van der Waals surface area contributed by atoms with Crippen molar-refractivity contribution in [3.63, 3.8) is 0 Å². The highest BCUT2D eigenvalue weighted by Crippen LogP contribution is 2.45. The SMILES string of the molecule is CCC(C)CCCCCCCCCCC(=O)OC[C@H](COP(=O)(O)OC[C@@H](O)COP(=O)(O)OC[C@@H](COC(=O)CCCCCCCCC(C)CC)OC(=O)CCCCCCCCCCC(C)CC)OC(=O)CCCCCCCCCCCCCCCCCC(C)C. The molecule has 3 N–H and O–H groups in total. The lowest BCUT2D eigenvalue weighted by molar-refractivity contribution is -0.161. The lowest BCUT2D eigenvalue weighted by atomic mass is 9.99. The van der Waals surface area contributed by atoms with Crippen molar-refractivity contribution < 1.29 is 80.2 Å². The summed E-state index contributed by atoms with van der Waals surface area (Å²) in [6.07, 6.45) is 45.7. The van der Waals surface area contributed by atoms with E-state index < -0.39 is 97.5 Å². The minimum absolute atomic E-state index is 0.104. The molecule has 92 heavy (non-hydrogen) atoms. The van der Waals surface area contributed by atoms with E-state index in [4.69, 9.17) is 37.0 Å². The second-order valence-electron chi connectivity index (χ2n) is 27.5. The third-order valence-corrected chi connectivity index (χ3v) is 19.8. The fraction of sp³-hybridized carbons (Fsp3) is 0.945. The molecule has 0 aromatic heterocycles. The highest BCUT2D eigenvalue weighted by molar-refractivity contribution is 7.47. The molecule has 0 aliphatic heterocycles. The summed E-state index contributed by atoms with van der Waals surface area (Å²) in [6.45, 7) is 14.2. The summed E-state index contributed by atoms with van der Waals surface area (Å²) in [5, 5.41) is 10.6. The molecular weight excluding hydrogens is 1210 g/mol. The van der Waals surface area contributed by atoms with Crippen LogP contribution >= 0.6 is 15.6 Å². The molecule has 0 bridgehead atoms. The average molecular weight is 1350 g/mol. The number of carbonyl (C=O) groups is 4. The van der Waals surface area contributed by atoms with Gasteiger partial charge in [-0.1, -0.05) is 312 Å². The number of phosphoric ester groups is 2. The van der Waals surface area contributed by atoms with Crippen LogP contribution in [0.2, 0.25) is 0 Å². The summed E-state index contributed by atoms with van der Waals surface area (Å²) in [5.41, 5.74) is 0. The van der Waals surface area contributed by atoms with E-state index in [9.17, 15) is 43.2 Å². The fourth-order valence-corrected chi connectivity index (χ4v) is 12.5. The Labute approximate surface area is 562 Å². The van der Waals surface area contributed by atoms with Crippen molar-refractivity contribution in [3.8, 4) is 0 Å². The number of esters is 4. The number of hydrogen-bond donors (Lipinski definition) is 3. The van der Waals surface area contributed by atoms with Gasteiger partial charge in [0.25, 0.3) is 0 Å². The third kappa shape index (κ3) is 62.8. The Balaban J connectivity index is 5.25. The zero-order valence-corrected chi connectivity index (χ0v) is 62.0. The Morgan fingerprint density at radius 2 is 0.522 bits per heavy atom. The number of phosphoric acid groups is 2. The lowest BCUT2D eigenvalue weighted by Crippen LogP contribution is -2.30. The Kier molecular flexibility index (Phi) is 61.3. The highest BCUT2D eigenvalue weighted by atomic mass is 31.2. The molecule has 0 aromatic rings. The normalized spacial score (nSPS) is 15.1. The van der Waals surface area contributed by atoms with Crippen molar-refractivity contribution in [1.29, 1.82) is 0 Å². The minimum atomic E-state index is -4.96. The summed E-state index contributed by atoms with van der Waals surface area (Å²) in [4.78, 5) is 72.7. The first kappa shape index (κ1) is 90.1. The Morgan fingerprint density at radius 3 is 0.772 bits per heavy atom. The highest BCUT2D eigenvalue weighted by Gasteiger charge is 2.30. The molecule has 0 heterocycles. The Morgan fingerprint density at radius 1 is 0.304 bits per heavy atom. The molecule has 0 spiro atoms. The molecule has 0 fully saturated rings. The van der Waals surface area contributed by atoms with Crippen molar-refractivity contribution in [2.75, 3.05) is 39.6 Å². The van der Waals surface area contributed by atoms with Crippen LogP contribution in [-0.2, 0) is 65.4 Å². The summed E-state index contributed by atoms with van der Waals surface area (Å²) in [7, 11) is -9.91. The smallest absolute Gasteiger partial charge is 0.462 e.